The molecular weight excluding hydrogens is 506 g/mol. The Bertz CT molecular complexity index is 1590. The van der Waals surface area contributed by atoms with Crippen LogP contribution in [-0.4, -0.2) is 53.7 Å². The molecule has 7 rings (SSSR count). The van der Waals surface area contributed by atoms with Crippen molar-refractivity contribution in [2.45, 2.75) is 62.5 Å². The maximum Gasteiger partial charge on any atom is 0.291 e. The summed E-state index contributed by atoms with van der Waals surface area (Å²) in [5, 5.41) is 12.1. The summed E-state index contributed by atoms with van der Waals surface area (Å²) in [7, 11) is 0. The highest BCUT2D eigenvalue weighted by Gasteiger charge is 2.37. The third-order valence-corrected chi connectivity index (χ3v) is 8.33. The Balaban J connectivity index is 1.07. The highest BCUT2D eigenvalue weighted by molar-refractivity contribution is 6.31. The van der Waals surface area contributed by atoms with E-state index in [4.69, 9.17) is 16.0 Å². The van der Waals surface area contributed by atoms with Crippen molar-refractivity contribution in [3.8, 4) is 5.69 Å². The minimum absolute atomic E-state index is 0.0871. The topological polar surface area (TPSA) is 106 Å². The molecule has 0 atom stereocenters. The van der Waals surface area contributed by atoms with Crippen LogP contribution < -0.4 is 5.56 Å². The largest absolute Gasteiger partial charge is 0.435 e. The van der Waals surface area contributed by atoms with Crippen molar-refractivity contribution in [1.82, 2.24) is 24.0 Å². The molecule has 0 unspecified atom stereocenters. The van der Waals surface area contributed by atoms with Gasteiger partial charge in [-0.05, 0) is 68.2 Å². The van der Waals surface area contributed by atoms with Gasteiger partial charge in [-0.15, -0.1) is 0 Å². The van der Waals surface area contributed by atoms with Gasteiger partial charge in [-0.3, -0.25) is 18.7 Å². The van der Waals surface area contributed by atoms with Crippen LogP contribution in [0.15, 0.2) is 52.1 Å². The van der Waals surface area contributed by atoms with Gasteiger partial charge in [-0.25, -0.2) is 9.97 Å². The standard InChI is InChI=1S/C28H28ClN5O4/c29-23-13-21-24(34(23)20-7-5-18(6-8-20)17-1-2-17)31-16-33(26(21)35)15-28(37)9-11-32(12-10-28)27(36)22-14-30-25(38-22)19-3-4-19/h5-8,13-14,16-17,19,37H,1-4,9-12,15H2. The molecule has 4 heterocycles. The van der Waals surface area contributed by atoms with E-state index in [2.05, 4.69) is 22.1 Å². The number of aromatic nitrogens is 4. The molecule has 2 saturated carbocycles. The number of carbonyl (C=O) groups is 1. The summed E-state index contributed by atoms with van der Waals surface area (Å²) in [4.78, 5) is 36.7. The van der Waals surface area contributed by atoms with Gasteiger partial charge in [0.1, 0.15) is 11.5 Å². The quantitative estimate of drug-likeness (QED) is 0.397. The number of likely N-dealkylation sites (tertiary alicyclic amines) is 1. The molecule has 1 N–H and O–H groups in total. The zero-order valence-electron chi connectivity index (χ0n) is 20.8. The number of amides is 1. The Labute approximate surface area is 223 Å². The molecule has 1 amide bonds. The molecule has 38 heavy (non-hydrogen) atoms. The van der Waals surface area contributed by atoms with Crippen molar-refractivity contribution in [1.29, 1.82) is 0 Å². The molecule has 3 aliphatic rings. The predicted molar refractivity (Wildman–Crippen MR) is 141 cm³/mol. The van der Waals surface area contributed by atoms with Gasteiger partial charge in [-0.2, -0.15) is 0 Å². The summed E-state index contributed by atoms with van der Waals surface area (Å²) < 4.78 is 8.87. The number of carbonyl (C=O) groups excluding carboxylic acids is 1. The second-order valence-corrected chi connectivity index (χ2v) is 11.3. The van der Waals surface area contributed by atoms with Gasteiger partial charge in [0.15, 0.2) is 11.5 Å². The number of aliphatic hydroxyl groups is 1. The van der Waals surface area contributed by atoms with Crippen molar-refractivity contribution < 1.29 is 14.3 Å². The van der Waals surface area contributed by atoms with Crippen molar-refractivity contribution >= 4 is 28.5 Å². The molecule has 1 aromatic carbocycles. The number of fused-ring (bicyclic) bond motifs is 1. The molecule has 3 aromatic heterocycles. The lowest BCUT2D eigenvalue weighted by Gasteiger charge is -2.38. The summed E-state index contributed by atoms with van der Waals surface area (Å²) in [6.45, 7) is 0.806. The van der Waals surface area contributed by atoms with Gasteiger partial charge >= 0.3 is 0 Å². The smallest absolute Gasteiger partial charge is 0.291 e. The van der Waals surface area contributed by atoms with E-state index in [0.717, 1.165) is 18.5 Å². The Morgan fingerprint density at radius 3 is 2.47 bits per heavy atom. The monoisotopic (exact) mass is 533 g/mol. The molecule has 0 bridgehead atoms. The third kappa shape index (κ3) is 4.23. The molecule has 1 saturated heterocycles. The normalized spacial score (nSPS) is 19.3. The van der Waals surface area contributed by atoms with Crippen LogP contribution in [0.2, 0.25) is 5.15 Å². The average molecular weight is 534 g/mol. The highest BCUT2D eigenvalue weighted by atomic mass is 35.5. The highest BCUT2D eigenvalue weighted by Crippen LogP contribution is 2.41. The Morgan fingerprint density at radius 1 is 1.08 bits per heavy atom. The van der Waals surface area contributed by atoms with Crippen molar-refractivity contribution in [2.24, 2.45) is 0 Å². The molecule has 0 spiro atoms. The van der Waals surface area contributed by atoms with Gasteiger partial charge < -0.3 is 14.4 Å². The summed E-state index contributed by atoms with van der Waals surface area (Å²) in [6, 6.07) is 9.87. The zero-order valence-corrected chi connectivity index (χ0v) is 21.6. The summed E-state index contributed by atoms with van der Waals surface area (Å²) in [5.41, 5.74) is 1.26. The van der Waals surface area contributed by atoms with Crippen LogP contribution in [-0.2, 0) is 6.54 Å². The number of benzene rings is 1. The first-order valence-corrected chi connectivity index (χ1v) is 13.6. The molecule has 3 fully saturated rings. The van der Waals surface area contributed by atoms with Crippen LogP contribution in [0.25, 0.3) is 16.7 Å². The summed E-state index contributed by atoms with van der Waals surface area (Å²) in [5.74, 6) is 1.66. The Hall–Kier alpha value is -3.43. The minimum atomic E-state index is -1.14. The van der Waals surface area contributed by atoms with E-state index in [1.54, 1.807) is 15.5 Å². The van der Waals surface area contributed by atoms with Gasteiger partial charge in [0.25, 0.3) is 11.5 Å². The number of nitrogens with zero attached hydrogens (tertiary/aromatic N) is 5. The van der Waals surface area contributed by atoms with Crippen LogP contribution in [0.4, 0.5) is 0 Å². The van der Waals surface area contributed by atoms with Crippen LogP contribution in [0.5, 0.6) is 0 Å². The lowest BCUT2D eigenvalue weighted by molar-refractivity contribution is -0.0304. The first-order valence-electron chi connectivity index (χ1n) is 13.2. The van der Waals surface area contributed by atoms with E-state index in [1.165, 1.54) is 35.5 Å². The van der Waals surface area contributed by atoms with E-state index in [1.807, 2.05) is 12.1 Å². The molecule has 10 heteroatoms. The number of piperidine rings is 1. The number of halogens is 1. The molecular formula is C28H28ClN5O4. The molecule has 9 nitrogen and oxygen atoms in total. The van der Waals surface area contributed by atoms with Gasteiger partial charge in [0.2, 0.25) is 5.76 Å². The van der Waals surface area contributed by atoms with Crippen LogP contribution in [0.1, 0.15) is 72.4 Å². The van der Waals surface area contributed by atoms with E-state index in [0.29, 0.717) is 59.8 Å². The lowest BCUT2D eigenvalue weighted by Crippen LogP contribution is -2.49. The fraction of sp³-hybridized carbons (Fsp3) is 0.429. The van der Waals surface area contributed by atoms with Crippen molar-refractivity contribution in [2.75, 3.05) is 13.1 Å². The minimum Gasteiger partial charge on any atom is -0.435 e. The second-order valence-electron chi connectivity index (χ2n) is 10.9. The Morgan fingerprint density at radius 2 is 1.79 bits per heavy atom. The van der Waals surface area contributed by atoms with Gasteiger partial charge in [0, 0.05) is 24.7 Å². The maximum atomic E-state index is 13.4. The fourth-order valence-electron chi connectivity index (χ4n) is 5.42. The number of hydrogen-bond acceptors (Lipinski definition) is 6. The van der Waals surface area contributed by atoms with Gasteiger partial charge in [0.05, 0.1) is 23.7 Å². The molecule has 4 aromatic rings. The SMILES string of the molecule is O=C(c1cnc(C2CC2)o1)N1CCC(O)(Cn2cnc3c(cc(Cl)n3-c3ccc(C4CC4)cc3)c2=O)CC1. The van der Waals surface area contributed by atoms with Crippen LogP contribution in [0, 0.1) is 0 Å². The molecule has 0 radical (unpaired) electrons. The second kappa shape index (κ2) is 8.81. The number of oxazole rings is 1. The average Bonchev–Trinajstić information content (AvgIpc) is 3.86. The first kappa shape index (κ1) is 23.7. The molecule has 2 aliphatic carbocycles. The number of hydrogen-bond donors (Lipinski definition) is 1. The third-order valence-electron chi connectivity index (χ3n) is 8.05. The summed E-state index contributed by atoms with van der Waals surface area (Å²) in [6.07, 6.45) is 8.21. The Kier molecular flexibility index (Phi) is 5.49. The molecule has 196 valence electrons. The summed E-state index contributed by atoms with van der Waals surface area (Å²) >= 11 is 6.55. The number of rotatable bonds is 6. The van der Waals surface area contributed by atoms with Crippen LogP contribution >= 0.6 is 11.6 Å². The van der Waals surface area contributed by atoms with E-state index >= 15 is 0 Å². The van der Waals surface area contributed by atoms with Gasteiger partial charge in [-0.1, -0.05) is 23.7 Å². The van der Waals surface area contributed by atoms with E-state index in [9.17, 15) is 14.7 Å². The first-order chi connectivity index (χ1) is 18.4. The predicted octanol–water partition coefficient (Wildman–Crippen LogP) is 4.25. The molecule has 1 aliphatic heterocycles. The zero-order chi connectivity index (χ0) is 26.0. The lowest BCUT2D eigenvalue weighted by atomic mass is 9.91. The van der Waals surface area contributed by atoms with Crippen LogP contribution in [0.3, 0.4) is 0 Å². The van der Waals surface area contributed by atoms with E-state index in [-0.39, 0.29) is 23.8 Å². The van der Waals surface area contributed by atoms with Crippen molar-refractivity contribution in [3.63, 3.8) is 0 Å². The van der Waals surface area contributed by atoms with E-state index < -0.39 is 5.60 Å². The maximum absolute atomic E-state index is 13.4. The van der Waals surface area contributed by atoms with Crippen molar-refractivity contribution in [3.05, 3.63) is 75.6 Å². The fourth-order valence-corrected chi connectivity index (χ4v) is 5.71.